The van der Waals surface area contributed by atoms with Crippen LogP contribution in [-0.2, 0) is 4.79 Å². The van der Waals surface area contributed by atoms with Crippen molar-refractivity contribution < 1.29 is 4.79 Å². The van der Waals surface area contributed by atoms with E-state index in [-0.39, 0.29) is 11.9 Å². The van der Waals surface area contributed by atoms with Gasteiger partial charge in [0, 0.05) is 4.88 Å². The molecule has 0 spiro atoms. The topological polar surface area (TPSA) is 55.1 Å². The molecule has 0 saturated heterocycles. The van der Waals surface area contributed by atoms with Crippen LogP contribution in [0.5, 0.6) is 0 Å². The Kier molecular flexibility index (Phi) is 4.93. The van der Waals surface area contributed by atoms with Gasteiger partial charge >= 0.3 is 0 Å². The number of nitrogens with one attached hydrogen (secondary N) is 1. The van der Waals surface area contributed by atoms with Gasteiger partial charge in [0.2, 0.25) is 5.91 Å². The average Bonchev–Trinajstić information content (AvgIpc) is 2.98. The Morgan fingerprint density at radius 3 is 2.40 bits per heavy atom. The van der Waals surface area contributed by atoms with E-state index in [2.05, 4.69) is 19.2 Å². The summed E-state index contributed by atoms with van der Waals surface area (Å²) in [6.45, 7) is 4.19. The van der Waals surface area contributed by atoms with E-state index in [0.29, 0.717) is 5.92 Å². The average molecular weight is 288 g/mol. The fourth-order valence-corrected chi connectivity index (χ4v) is 3.04. The lowest BCUT2D eigenvalue weighted by Gasteiger charge is -2.23. The molecular formula is C16H20N2OS. The number of amides is 1. The van der Waals surface area contributed by atoms with Gasteiger partial charge in [-0.2, -0.15) is 0 Å². The first-order valence-electron chi connectivity index (χ1n) is 6.74. The number of nitrogens with two attached hydrogens (primary N) is 1. The third-order valence-electron chi connectivity index (χ3n) is 3.26. The van der Waals surface area contributed by atoms with Gasteiger partial charge in [-0.1, -0.05) is 50.2 Å². The van der Waals surface area contributed by atoms with Crippen LogP contribution in [0.4, 0.5) is 0 Å². The lowest BCUT2D eigenvalue weighted by molar-refractivity contribution is -0.123. The van der Waals surface area contributed by atoms with E-state index in [9.17, 15) is 4.79 Å². The van der Waals surface area contributed by atoms with Crippen molar-refractivity contribution in [1.29, 1.82) is 0 Å². The van der Waals surface area contributed by atoms with Crippen molar-refractivity contribution in [2.24, 2.45) is 11.7 Å². The highest BCUT2D eigenvalue weighted by Gasteiger charge is 2.23. The third kappa shape index (κ3) is 3.46. The predicted octanol–water partition coefficient (Wildman–Crippen LogP) is 3.26. The van der Waals surface area contributed by atoms with Crippen LogP contribution in [0.15, 0.2) is 47.8 Å². The van der Waals surface area contributed by atoms with Crippen molar-refractivity contribution >= 4 is 17.2 Å². The van der Waals surface area contributed by atoms with E-state index < -0.39 is 6.04 Å². The normalized spacial score (nSPS) is 14.0. The van der Waals surface area contributed by atoms with Crippen LogP contribution < -0.4 is 11.1 Å². The molecule has 20 heavy (non-hydrogen) atoms. The Morgan fingerprint density at radius 2 is 1.85 bits per heavy atom. The van der Waals surface area contributed by atoms with Gasteiger partial charge in [0.15, 0.2) is 0 Å². The van der Waals surface area contributed by atoms with Crippen LogP contribution in [0.25, 0.3) is 0 Å². The smallest absolute Gasteiger partial charge is 0.242 e. The third-order valence-corrected chi connectivity index (χ3v) is 4.21. The molecule has 1 heterocycles. The molecular weight excluding hydrogens is 268 g/mol. The van der Waals surface area contributed by atoms with Crippen LogP contribution in [0.1, 0.15) is 36.4 Å². The summed E-state index contributed by atoms with van der Waals surface area (Å²) in [5, 5.41) is 5.09. The summed E-state index contributed by atoms with van der Waals surface area (Å²) < 4.78 is 0. The number of rotatable bonds is 5. The number of carbonyl (C=O) groups excluding carboxylic acids is 1. The quantitative estimate of drug-likeness (QED) is 0.887. The molecule has 2 atom stereocenters. The Hall–Kier alpha value is -1.65. The first kappa shape index (κ1) is 14.8. The number of thiophene rings is 1. The van der Waals surface area contributed by atoms with Crippen LogP contribution in [-0.4, -0.2) is 5.91 Å². The summed E-state index contributed by atoms with van der Waals surface area (Å²) in [5.74, 6) is 0.184. The van der Waals surface area contributed by atoms with Gasteiger partial charge < -0.3 is 11.1 Å². The number of carbonyl (C=O) groups is 1. The molecule has 1 amide bonds. The molecule has 3 N–H and O–H groups in total. The van der Waals surface area contributed by atoms with E-state index in [1.165, 1.54) is 0 Å². The van der Waals surface area contributed by atoms with Crippen LogP contribution in [0.2, 0.25) is 0 Å². The molecule has 0 aliphatic rings. The SMILES string of the molecule is CC(C)C(NC(=O)C(N)c1ccccc1)c1cccs1. The first-order valence-corrected chi connectivity index (χ1v) is 7.62. The Morgan fingerprint density at radius 1 is 1.15 bits per heavy atom. The minimum absolute atomic E-state index is 0.0114. The zero-order valence-corrected chi connectivity index (χ0v) is 12.6. The maximum absolute atomic E-state index is 12.3. The zero-order chi connectivity index (χ0) is 14.5. The number of hydrogen-bond donors (Lipinski definition) is 2. The molecule has 1 aromatic carbocycles. The van der Waals surface area contributed by atoms with Crippen molar-refractivity contribution in [3.05, 3.63) is 58.3 Å². The lowest BCUT2D eigenvalue weighted by Crippen LogP contribution is -2.38. The van der Waals surface area contributed by atoms with Crippen molar-refractivity contribution in [3.63, 3.8) is 0 Å². The molecule has 1 aromatic heterocycles. The van der Waals surface area contributed by atoms with E-state index in [1.54, 1.807) is 11.3 Å². The summed E-state index contributed by atoms with van der Waals surface area (Å²) >= 11 is 1.65. The molecule has 0 fully saturated rings. The summed E-state index contributed by atoms with van der Waals surface area (Å²) in [7, 11) is 0. The number of benzene rings is 1. The monoisotopic (exact) mass is 288 g/mol. The second-order valence-corrected chi connectivity index (χ2v) is 6.11. The molecule has 2 unspecified atom stereocenters. The Balaban J connectivity index is 2.09. The highest BCUT2D eigenvalue weighted by atomic mass is 32.1. The van der Waals surface area contributed by atoms with Gasteiger partial charge in [0.25, 0.3) is 0 Å². The van der Waals surface area contributed by atoms with Crippen LogP contribution >= 0.6 is 11.3 Å². The summed E-state index contributed by atoms with van der Waals surface area (Å²) in [6.07, 6.45) is 0. The lowest BCUT2D eigenvalue weighted by atomic mass is 10.0. The maximum atomic E-state index is 12.3. The minimum atomic E-state index is -0.627. The van der Waals surface area contributed by atoms with Crippen molar-refractivity contribution in [2.75, 3.05) is 0 Å². The highest BCUT2D eigenvalue weighted by Crippen LogP contribution is 2.26. The molecule has 2 rings (SSSR count). The van der Waals surface area contributed by atoms with E-state index >= 15 is 0 Å². The molecule has 3 nitrogen and oxygen atoms in total. The van der Waals surface area contributed by atoms with Gasteiger partial charge in [-0.05, 0) is 22.9 Å². The predicted molar refractivity (Wildman–Crippen MR) is 83.4 cm³/mol. The molecule has 4 heteroatoms. The summed E-state index contributed by atoms with van der Waals surface area (Å²) in [6, 6.07) is 12.9. The van der Waals surface area contributed by atoms with E-state index in [0.717, 1.165) is 10.4 Å². The van der Waals surface area contributed by atoms with E-state index in [4.69, 9.17) is 5.73 Å². The molecule has 106 valence electrons. The van der Waals surface area contributed by atoms with Crippen LogP contribution in [0, 0.1) is 5.92 Å². The molecule has 0 radical (unpaired) electrons. The molecule has 2 aromatic rings. The second-order valence-electron chi connectivity index (χ2n) is 5.13. The minimum Gasteiger partial charge on any atom is -0.347 e. The second kappa shape index (κ2) is 6.68. The van der Waals surface area contributed by atoms with Gasteiger partial charge in [0.1, 0.15) is 6.04 Å². The van der Waals surface area contributed by atoms with Crippen molar-refractivity contribution in [2.45, 2.75) is 25.9 Å². The van der Waals surface area contributed by atoms with Crippen LogP contribution in [0.3, 0.4) is 0 Å². The number of hydrogen-bond acceptors (Lipinski definition) is 3. The molecule has 0 aliphatic heterocycles. The summed E-state index contributed by atoms with van der Waals surface area (Å²) in [4.78, 5) is 13.5. The van der Waals surface area contributed by atoms with Gasteiger partial charge in [0.05, 0.1) is 6.04 Å². The zero-order valence-electron chi connectivity index (χ0n) is 11.7. The highest BCUT2D eigenvalue weighted by molar-refractivity contribution is 7.10. The van der Waals surface area contributed by atoms with Gasteiger partial charge in [-0.15, -0.1) is 11.3 Å². The maximum Gasteiger partial charge on any atom is 0.242 e. The largest absolute Gasteiger partial charge is 0.347 e. The van der Waals surface area contributed by atoms with Crippen molar-refractivity contribution in [1.82, 2.24) is 5.32 Å². The standard InChI is InChI=1S/C16H20N2OS/c1-11(2)15(13-9-6-10-20-13)18-16(19)14(17)12-7-4-3-5-8-12/h3-11,14-15H,17H2,1-2H3,(H,18,19). The summed E-state index contributed by atoms with van der Waals surface area (Å²) in [5.41, 5.74) is 6.86. The van der Waals surface area contributed by atoms with E-state index in [1.807, 2.05) is 47.8 Å². The Labute approximate surface area is 123 Å². The molecule has 0 saturated carbocycles. The fraction of sp³-hybridized carbons (Fsp3) is 0.312. The van der Waals surface area contributed by atoms with Crippen molar-refractivity contribution in [3.8, 4) is 0 Å². The molecule has 0 aliphatic carbocycles. The first-order chi connectivity index (χ1) is 9.59. The van der Waals surface area contributed by atoms with Gasteiger partial charge in [-0.25, -0.2) is 0 Å². The molecule has 0 bridgehead atoms. The Bertz CT molecular complexity index is 537. The van der Waals surface area contributed by atoms with Gasteiger partial charge in [-0.3, -0.25) is 4.79 Å². The fourth-order valence-electron chi connectivity index (χ4n) is 2.09.